The second-order valence-electron chi connectivity index (χ2n) is 4.81. The van der Waals surface area contributed by atoms with Crippen molar-refractivity contribution in [3.05, 3.63) is 18.7 Å². The van der Waals surface area contributed by atoms with Crippen molar-refractivity contribution in [1.82, 2.24) is 19.8 Å². The SMILES string of the molecule is CN(C(=O)NCCCn1ccnc1)C(C)(C)C(=O)O. The van der Waals surface area contributed by atoms with Gasteiger partial charge in [-0.25, -0.2) is 14.6 Å². The third-order valence-electron chi connectivity index (χ3n) is 3.10. The molecule has 19 heavy (non-hydrogen) atoms. The van der Waals surface area contributed by atoms with Crippen LogP contribution in [-0.2, 0) is 11.3 Å². The maximum Gasteiger partial charge on any atom is 0.329 e. The lowest BCUT2D eigenvalue weighted by Crippen LogP contribution is -2.54. The second kappa shape index (κ2) is 6.21. The topological polar surface area (TPSA) is 87.5 Å². The molecule has 0 radical (unpaired) electrons. The standard InChI is InChI=1S/C12H20N4O3/c1-12(2,10(17)18)15(3)11(19)14-5-4-7-16-8-6-13-9-16/h6,8-9H,4-5,7H2,1-3H3,(H,14,19)(H,17,18). The Hall–Kier alpha value is -2.05. The summed E-state index contributed by atoms with van der Waals surface area (Å²) in [4.78, 5) is 27.9. The molecule has 0 spiro atoms. The van der Waals surface area contributed by atoms with Gasteiger partial charge in [0.2, 0.25) is 0 Å². The fourth-order valence-electron chi connectivity index (χ4n) is 1.39. The number of nitrogens with zero attached hydrogens (tertiary/aromatic N) is 3. The maximum atomic E-state index is 11.8. The van der Waals surface area contributed by atoms with E-state index in [0.29, 0.717) is 6.54 Å². The van der Waals surface area contributed by atoms with Gasteiger partial charge in [-0.05, 0) is 20.3 Å². The molecule has 0 atom stereocenters. The minimum atomic E-state index is -1.23. The minimum Gasteiger partial charge on any atom is -0.480 e. The number of amides is 2. The summed E-state index contributed by atoms with van der Waals surface area (Å²) in [7, 11) is 1.47. The van der Waals surface area contributed by atoms with Crippen molar-refractivity contribution in [2.24, 2.45) is 0 Å². The molecule has 1 aromatic rings. The molecular weight excluding hydrogens is 248 g/mol. The molecule has 7 nitrogen and oxygen atoms in total. The van der Waals surface area contributed by atoms with E-state index in [9.17, 15) is 9.59 Å². The minimum absolute atomic E-state index is 0.391. The molecule has 0 aromatic carbocycles. The van der Waals surface area contributed by atoms with Crippen LogP contribution >= 0.6 is 0 Å². The van der Waals surface area contributed by atoms with Gasteiger partial charge in [-0.2, -0.15) is 0 Å². The molecule has 0 saturated carbocycles. The number of carboxylic acids is 1. The highest BCUT2D eigenvalue weighted by molar-refractivity contribution is 5.85. The van der Waals surface area contributed by atoms with Crippen molar-refractivity contribution in [2.45, 2.75) is 32.4 Å². The summed E-state index contributed by atoms with van der Waals surface area (Å²) in [5, 5.41) is 11.7. The van der Waals surface area contributed by atoms with E-state index in [1.807, 2.05) is 10.8 Å². The zero-order valence-corrected chi connectivity index (χ0v) is 11.5. The molecule has 7 heteroatoms. The number of aromatic nitrogens is 2. The van der Waals surface area contributed by atoms with Crippen LogP contribution in [0.25, 0.3) is 0 Å². The Bertz CT molecular complexity index is 428. The first-order chi connectivity index (χ1) is 8.85. The summed E-state index contributed by atoms with van der Waals surface area (Å²) >= 11 is 0. The Morgan fingerprint density at radius 1 is 1.47 bits per heavy atom. The Morgan fingerprint density at radius 3 is 2.68 bits per heavy atom. The van der Waals surface area contributed by atoms with Crippen molar-refractivity contribution in [3.8, 4) is 0 Å². The highest BCUT2D eigenvalue weighted by atomic mass is 16.4. The lowest BCUT2D eigenvalue weighted by molar-refractivity contribution is -0.146. The predicted molar refractivity (Wildman–Crippen MR) is 69.7 cm³/mol. The Labute approximate surface area is 112 Å². The Kier molecular flexibility index (Phi) is 4.91. The van der Waals surface area contributed by atoms with E-state index < -0.39 is 17.5 Å². The molecule has 0 unspecified atom stereocenters. The van der Waals surface area contributed by atoms with Gasteiger partial charge in [0.1, 0.15) is 5.54 Å². The van der Waals surface area contributed by atoms with Crippen molar-refractivity contribution in [1.29, 1.82) is 0 Å². The van der Waals surface area contributed by atoms with E-state index in [2.05, 4.69) is 10.3 Å². The van der Waals surface area contributed by atoms with Crippen LogP contribution in [0.4, 0.5) is 4.79 Å². The normalized spacial score (nSPS) is 11.1. The average molecular weight is 268 g/mol. The van der Waals surface area contributed by atoms with E-state index in [0.717, 1.165) is 13.0 Å². The third-order valence-corrected chi connectivity index (χ3v) is 3.10. The van der Waals surface area contributed by atoms with E-state index >= 15 is 0 Å². The number of likely N-dealkylation sites (N-methyl/N-ethyl adjacent to an activating group) is 1. The highest BCUT2D eigenvalue weighted by Crippen LogP contribution is 2.12. The number of nitrogens with one attached hydrogen (secondary N) is 1. The number of hydrogen-bond donors (Lipinski definition) is 2. The molecule has 0 saturated heterocycles. The van der Waals surface area contributed by atoms with E-state index in [4.69, 9.17) is 5.11 Å². The van der Waals surface area contributed by atoms with Gasteiger partial charge in [0.15, 0.2) is 0 Å². The molecular formula is C12H20N4O3. The first kappa shape index (κ1) is 15.0. The predicted octanol–water partition coefficient (Wildman–Crippen LogP) is 0.778. The number of aryl methyl sites for hydroxylation is 1. The van der Waals surface area contributed by atoms with Crippen molar-refractivity contribution >= 4 is 12.0 Å². The van der Waals surface area contributed by atoms with Gasteiger partial charge in [-0.1, -0.05) is 0 Å². The Morgan fingerprint density at radius 2 is 2.16 bits per heavy atom. The fraction of sp³-hybridized carbons (Fsp3) is 0.583. The van der Waals surface area contributed by atoms with Gasteiger partial charge in [-0.3, -0.25) is 0 Å². The van der Waals surface area contributed by atoms with E-state index in [1.165, 1.54) is 25.8 Å². The van der Waals surface area contributed by atoms with Crippen molar-refractivity contribution < 1.29 is 14.7 Å². The zero-order chi connectivity index (χ0) is 14.5. The zero-order valence-electron chi connectivity index (χ0n) is 11.5. The molecule has 2 N–H and O–H groups in total. The van der Waals surface area contributed by atoms with Gasteiger partial charge >= 0.3 is 12.0 Å². The average Bonchev–Trinajstić information content (AvgIpc) is 2.86. The summed E-state index contributed by atoms with van der Waals surface area (Å²) in [6.45, 7) is 4.21. The molecule has 106 valence electrons. The van der Waals surface area contributed by atoms with E-state index in [1.54, 1.807) is 12.5 Å². The lowest BCUT2D eigenvalue weighted by Gasteiger charge is -2.31. The highest BCUT2D eigenvalue weighted by Gasteiger charge is 2.34. The third kappa shape index (κ3) is 3.97. The number of aliphatic carboxylic acids is 1. The quantitative estimate of drug-likeness (QED) is 0.746. The molecule has 1 heterocycles. The number of carbonyl (C=O) groups is 2. The number of urea groups is 1. The van der Waals surface area contributed by atoms with Gasteiger partial charge in [-0.15, -0.1) is 0 Å². The van der Waals surface area contributed by atoms with Gasteiger partial charge < -0.3 is 19.9 Å². The smallest absolute Gasteiger partial charge is 0.329 e. The largest absolute Gasteiger partial charge is 0.480 e. The van der Waals surface area contributed by atoms with Crippen LogP contribution in [0, 0.1) is 0 Å². The molecule has 0 aliphatic rings. The number of hydrogen-bond acceptors (Lipinski definition) is 3. The summed E-state index contributed by atoms with van der Waals surface area (Å²) in [5.74, 6) is -1.04. The van der Waals surface area contributed by atoms with Crippen LogP contribution in [0.1, 0.15) is 20.3 Å². The number of carbonyl (C=O) groups excluding carboxylic acids is 1. The maximum absolute atomic E-state index is 11.8. The molecule has 1 aromatic heterocycles. The summed E-state index contributed by atoms with van der Waals surface area (Å²) in [6.07, 6.45) is 6.01. The van der Waals surface area contributed by atoms with E-state index in [-0.39, 0.29) is 0 Å². The molecule has 0 fully saturated rings. The molecule has 2 amide bonds. The summed E-state index contributed by atoms with van der Waals surface area (Å²) in [6, 6.07) is -0.391. The molecule has 1 rings (SSSR count). The number of rotatable bonds is 6. The monoisotopic (exact) mass is 268 g/mol. The number of carboxylic acid groups (broad SMARTS) is 1. The van der Waals surface area contributed by atoms with Crippen LogP contribution in [0.15, 0.2) is 18.7 Å². The summed E-state index contributed by atoms with van der Waals surface area (Å²) in [5.41, 5.74) is -1.23. The summed E-state index contributed by atoms with van der Waals surface area (Å²) < 4.78 is 1.91. The van der Waals surface area contributed by atoms with Gasteiger partial charge in [0.05, 0.1) is 6.33 Å². The van der Waals surface area contributed by atoms with Gasteiger partial charge in [0, 0.05) is 32.5 Å². The molecule has 0 aliphatic carbocycles. The lowest BCUT2D eigenvalue weighted by atomic mass is 10.1. The van der Waals surface area contributed by atoms with Crippen LogP contribution < -0.4 is 5.32 Å². The molecule has 0 bridgehead atoms. The first-order valence-corrected chi connectivity index (χ1v) is 6.06. The van der Waals surface area contributed by atoms with Crippen molar-refractivity contribution in [3.63, 3.8) is 0 Å². The fourth-order valence-corrected chi connectivity index (χ4v) is 1.39. The molecule has 0 aliphatic heterocycles. The first-order valence-electron chi connectivity index (χ1n) is 6.06. The van der Waals surface area contributed by atoms with Crippen LogP contribution in [-0.4, -0.2) is 50.7 Å². The van der Waals surface area contributed by atoms with Crippen LogP contribution in [0.5, 0.6) is 0 Å². The van der Waals surface area contributed by atoms with Crippen molar-refractivity contribution in [2.75, 3.05) is 13.6 Å². The van der Waals surface area contributed by atoms with Gasteiger partial charge in [0.25, 0.3) is 0 Å². The van der Waals surface area contributed by atoms with Crippen LogP contribution in [0.2, 0.25) is 0 Å². The number of imidazole rings is 1. The van der Waals surface area contributed by atoms with Crippen LogP contribution in [0.3, 0.4) is 0 Å². The Balaban J connectivity index is 2.33. The second-order valence-corrected chi connectivity index (χ2v) is 4.81.